The van der Waals surface area contributed by atoms with Crippen LogP contribution in [0.15, 0.2) is 18.3 Å². The fourth-order valence-corrected chi connectivity index (χ4v) is 0.747. The first-order valence-electron chi connectivity index (χ1n) is 2.83. The Balaban J connectivity index is 3.16. The van der Waals surface area contributed by atoms with Gasteiger partial charge in [-0.15, -0.1) is 0 Å². The number of primary amides is 1. The second-order valence-electron chi connectivity index (χ2n) is 1.91. The molecule has 0 atom stereocenters. The van der Waals surface area contributed by atoms with Gasteiger partial charge in [0, 0.05) is 6.20 Å². The molecule has 0 unspecified atom stereocenters. The third-order valence-corrected chi connectivity index (χ3v) is 1.21. The van der Waals surface area contributed by atoms with Gasteiger partial charge in [-0.25, -0.2) is 9.59 Å². The van der Waals surface area contributed by atoms with Crippen molar-refractivity contribution in [2.75, 3.05) is 0 Å². The van der Waals surface area contributed by atoms with Crippen molar-refractivity contribution in [3.8, 4) is 0 Å². The highest BCUT2D eigenvalue weighted by atomic mass is 16.4. The van der Waals surface area contributed by atoms with Crippen LogP contribution in [0.5, 0.6) is 0 Å². The van der Waals surface area contributed by atoms with E-state index in [4.69, 9.17) is 10.8 Å². The van der Waals surface area contributed by atoms with Crippen molar-refractivity contribution in [2.24, 2.45) is 5.73 Å². The van der Waals surface area contributed by atoms with Crippen molar-refractivity contribution in [2.45, 2.75) is 0 Å². The van der Waals surface area contributed by atoms with Gasteiger partial charge in [-0.05, 0) is 12.1 Å². The molecule has 1 aromatic heterocycles. The Hall–Kier alpha value is -1.78. The highest BCUT2D eigenvalue weighted by molar-refractivity contribution is 5.91. The number of carbonyl (C=O) groups is 2. The van der Waals surface area contributed by atoms with Crippen LogP contribution in [-0.2, 0) is 0 Å². The molecule has 0 spiro atoms. The monoisotopic (exact) mass is 154 g/mol. The Labute approximate surface area is 62.0 Å². The van der Waals surface area contributed by atoms with E-state index in [0.717, 1.165) is 4.57 Å². The Bertz CT molecular complexity index is 274. The fraction of sp³-hybridized carbons (Fsp3) is 0. The van der Waals surface area contributed by atoms with Crippen LogP contribution in [0.2, 0.25) is 0 Å². The number of nitrogens with zero attached hydrogens (tertiary/aromatic N) is 1. The van der Waals surface area contributed by atoms with Gasteiger partial charge < -0.3 is 10.8 Å². The highest BCUT2D eigenvalue weighted by Crippen LogP contribution is 1.99. The predicted octanol–water partition coefficient (Wildman–Crippen LogP) is 0.113. The number of amides is 1. The molecule has 3 N–H and O–H groups in total. The first kappa shape index (κ1) is 7.33. The van der Waals surface area contributed by atoms with Gasteiger partial charge in [-0.2, -0.15) is 0 Å². The zero-order valence-corrected chi connectivity index (χ0v) is 5.52. The SMILES string of the molecule is NC(=O)n1cccc1C(=O)O. The Kier molecular flexibility index (Phi) is 1.63. The van der Waals surface area contributed by atoms with E-state index >= 15 is 0 Å². The van der Waals surface area contributed by atoms with E-state index in [9.17, 15) is 9.59 Å². The Morgan fingerprint density at radius 3 is 2.55 bits per heavy atom. The molecule has 58 valence electrons. The zero-order valence-electron chi connectivity index (χ0n) is 5.52. The van der Waals surface area contributed by atoms with Crippen LogP contribution >= 0.6 is 0 Å². The molecule has 0 aliphatic heterocycles. The lowest BCUT2D eigenvalue weighted by Gasteiger charge is -1.97. The van der Waals surface area contributed by atoms with E-state index in [1.807, 2.05) is 0 Å². The van der Waals surface area contributed by atoms with Gasteiger partial charge in [0.15, 0.2) is 0 Å². The maximum atomic E-state index is 10.5. The van der Waals surface area contributed by atoms with Gasteiger partial charge in [0.05, 0.1) is 0 Å². The number of nitrogens with two attached hydrogens (primary N) is 1. The summed E-state index contributed by atoms with van der Waals surface area (Å²) in [5.41, 5.74) is 4.73. The highest BCUT2D eigenvalue weighted by Gasteiger charge is 2.10. The van der Waals surface area contributed by atoms with E-state index in [-0.39, 0.29) is 5.69 Å². The van der Waals surface area contributed by atoms with Crippen molar-refractivity contribution in [1.82, 2.24) is 4.57 Å². The number of carbonyl (C=O) groups excluding carboxylic acids is 1. The Morgan fingerprint density at radius 1 is 1.55 bits per heavy atom. The van der Waals surface area contributed by atoms with Crippen LogP contribution < -0.4 is 5.73 Å². The van der Waals surface area contributed by atoms with Crippen LogP contribution in [0, 0.1) is 0 Å². The van der Waals surface area contributed by atoms with Gasteiger partial charge >= 0.3 is 12.0 Å². The molecule has 11 heavy (non-hydrogen) atoms. The van der Waals surface area contributed by atoms with Crippen LogP contribution in [0.1, 0.15) is 10.5 Å². The maximum absolute atomic E-state index is 10.5. The molecule has 0 aliphatic carbocycles. The van der Waals surface area contributed by atoms with Crippen LogP contribution in [0.4, 0.5) is 4.79 Å². The minimum absolute atomic E-state index is 0.127. The fourth-order valence-electron chi connectivity index (χ4n) is 0.747. The third-order valence-electron chi connectivity index (χ3n) is 1.21. The smallest absolute Gasteiger partial charge is 0.353 e. The minimum atomic E-state index is -1.17. The molecule has 0 aromatic carbocycles. The second kappa shape index (κ2) is 2.45. The molecule has 1 aromatic rings. The number of rotatable bonds is 1. The minimum Gasteiger partial charge on any atom is -0.477 e. The van der Waals surface area contributed by atoms with Gasteiger partial charge in [0.2, 0.25) is 0 Å². The summed E-state index contributed by atoms with van der Waals surface area (Å²) < 4.78 is 0.863. The van der Waals surface area contributed by atoms with Crippen molar-refractivity contribution in [3.63, 3.8) is 0 Å². The topological polar surface area (TPSA) is 85.3 Å². The molecular weight excluding hydrogens is 148 g/mol. The van der Waals surface area contributed by atoms with E-state index < -0.39 is 12.0 Å². The largest absolute Gasteiger partial charge is 0.477 e. The number of hydrogen-bond acceptors (Lipinski definition) is 2. The lowest BCUT2D eigenvalue weighted by molar-refractivity contribution is 0.0687. The molecular formula is C6H6N2O3. The van der Waals surface area contributed by atoms with E-state index in [1.54, 1.807) is 0 Å². The summed E-state index contributed by atoms with van der Waals surface area (Å²) >= 11 is 0. The van der Waals surface area contributed by atoms with Gasteiger partial charge in [-0.1, -0.05) is 0 Å². The zero-order chi connectivity index (χ0) is 8.43. The molecule has 0 aliphatic rings. The number of carboxylic acid groups (broad SMARTS) is 1. The lowest BCUT2D eigenvalue weighted by atomic mass is 10.4. The average Bonchev–Trinajstić information content (AvgIpc) is 2.32. The van der Waals surface area contributed by atoms with E-state index in [2.05, 4.69) is 0 Å². The first-order chi connectivity index (χ1) is 5.13. The number of carboxylic acids is 1. The average molecular weight is 154 g/mol. The number of hydrogen-bond donors (Lipinski definition) is 2. The van der Waals surface area contributed by atoms with Crippen LogP contribution in [-0.4, -0.2) is 21.7 Å². The molecule has 5 nitrogen and oxygen atoms in total. The molecule has 1 heterocycles. The summed E-state index contributed by atoms with van der Waals surface area (Å²) in [6.45, 7) is 0. The standard InChI is InChI=1S/C6H6N2O3/c7-6(11)8-3-1-2-4(8)5(9)10/h1-3H,(H2,7,11)(H,9,10). The van der Waals surface area contributed by atoms with Gasteiger partial charge in [-0.3, -0.25) is 4.57 Å². The maximum Gasteiger partial charge on any atom is 0.353 e. The summed E-state index contributed by atoms with van der Waals surface area (Å²) in [4.78, 5) is 20.9. The molecule has 0 fully saturated rings. The van der Waals surface area contributed by atoms with E-state index in [0.29, 0.717) is 0 Å². The van der Waals surface area contributed by atoms with E-state index in [1.165, 1.54) is 18.3 Å². The summed E-state index contributed by atoms with van der Waals surface area (Å²) in [7, 11) is 0. The van der Waals surface area contributed by atoms with Crippen molar-refractivity contribution < 1.29 is 14.7 Å². The lowest BCUT2D eigenvalue weighted by Crippen LogP contribution is -2.22. The summed E-state index contributed by atoms with van der Waals surface area (Å²) in [5, 5.41) is 8.47. The first-order valence-corrected chi connectivity index (χ1v) is 2.83. The number of aromatic carboxylic acids is 1. The summed E-state index contributed by atoms with van der Waals surface area (Å²) in [5.74, 6) is -1.17. The Morgan fingerprint density at radius 2 is 2.18 bits per heavy atom. The quantitative estimate of drug-likeness (QED) is 0.602. The second-order valence-corrected chi connectivity index (χ2v) is 1.91. The molecule has 1 amide bonds. The van der Waals surface area contributed by atoms with Crippen molar-refractivity contribution in [3.05, 3.63) is 24.0 Å². The predicted molar refractivity (Wildman–Crippen MR) is 36.4 cm³/mol. The molecule has 1 rings (SSSR count). The number of aromatic nitrogens is 1. The van der Waals surface area contributed by atoms with Crippen LogP contribution in [0.25, 0.3) is 0 Å². The van der Waals surface area contributed by atoms with Gasteiger partial charge in [0.1, 0.15) is 5.69 Å². The van der Waals surface area contributed by atoms with Crippen LogP contribution in [0.3, 0.4) is 0 Å². The molecule has 0 bridgehead atoms. The van der Waals surface area contributed by atoms with Crippen molar-refractivity contribution in [1.29, 1.82) is 0 Å². The summed E-state index contributed by atoms with van der Waals surface area (Å²) in [6.07, 6.45) is 1.30. The molecule has 0 radical (unpaired) electrons. The summed E-state index contributed by atoms with van der Waals surface area (Å²) in [6, 6.07) is 1.94. The normalized spacial score (nSPS) is 9.45. The third kappa shape index (κ3) is 1.21. The molecule has 0 saturated heterocycles. The van der Waals surface area contributed by atoms with Crippen molar-refractivity contribution >= 4 is 12.0 Å². The molecule has 0 saturated carbocycles. The van der Waals surface area contributed by atoms with Gasteiger partial charge in [0.25, 0.3) is 0 Å². The molecule has 5 heteroatoms.